The summed E-state index contributed by atoms with van der Waals surface area (Å²) in [6.07, 6.45) is 0.937. The third kappa shape index (κ3) is 4.75. The van der Waals surface area contributed by atoms with Crippen LogP contribution in [0, 0.1) is 0 Å². The van der Waals surface area contributed by atoms with Crippen molar-refractivity contribution in [1.29, 1.82) is 0 Å². The van der Waals surface area contributed by atoms with E-state index in [1.165, 1.54) is 27.1 Å². The highest BCUT2D eigenvalue weighted by atomic mass is 79.9. The lowest BCUT2D eigenvalue weighted by molar-refractivity contribution is 0.893. The molecule has 0 amide bonds. The first-order chi connectivity index (χ1) is 17.2. The van der Waals surface area contributed by atoms with E-state index in [4.69, 9.17) is 15.7 Å². The van der Waals surface area contributed by atoms with Gasteiger partial charge in [-0.2, -0.15) is 0 Å². The summed E-state index contributed by atoms with van der Waals surface area (Å²) in [5.41, 5.74) is 11.8. The SMILES string of the molecule is Nc1nc(SCc2ccc(Br)cc2)nc2sc3c(c12)CC(c1ccccc1)SC3c1ccccc1. The van der Waals surface area contributed by atoms with Gasteiger partial charge in [-0.3, -0.25) is 0 Å². The van der Waals surface area contributed by atoms with Gasteiger partial charge in [0.25, 0.3) is 0 Å². The average molecular weight is 577 g/mol. The molecular weight excluding hydrogens is 554 g/mol. The molecule has 3 heterocycles. The average Bonchev–Trinajstić information content (AvgIpc) is 3.28. The highest BCUT2D eigenvalue weighted by molar-refractivity contribution is 9.10. The molecule has 2 unspecified atom stereocenters. The summed E-state index contributed by atoms with van der Waals surface area (Å²) < 4.78 is 1.08. The molecule has 7 heteroatoms. The Morgan fingerprint density at radius 2 is 1.57 bits per heavy atom. The monoisotopic (exact) mass is 575 g/mol. The van der Waals surface area contributed by atoms with Gasteiger partial charge in [0.2, 0.25) is 0 Å². The molecule has 0 aliphatic carbocycles. The smallest absolute Gasteiger partial charge is 0.191 e. The molecule has 0 saturated carbocycles. The van der Waals surface area contributed by atoms with Gasteiger partial charge in [-0.05, 0) is 40.8 Å². The van der Waals surface area contributed by atoms with E-state index in [2.05, 4.69) is 101 Å². The van der Waals surface area contributed by atoms with Crippen molar-refractivity contribution >= 4 is 66.8 Å². The van der Waals surface area contributed by atoms with Crippen LogP contribution in [-0.4, -0.2) is 9.97 Å². The van der Waals surface area contributed by atoms with E-state index in [9.17, 15) is 0 Å². The molecule has 0 bridgehead atoms. The fourth-order valence-corrected chi connectivity index (χ4v) is 8.62. The van der Waals surface area contributed by atoms with Crippen molar-refractivity contribution in [1.82, 2.24) is 9.97 Å². The first kappa shape index (κ1) is 23.1. The number of thioether (sulfide) groups is 2. The Balaban J connectivity index is 1.39. The zero-order valence-electron chi connectivity index (χ0n) is 18.7. The van der Waals surface area contributed by atoms with E-state index >= 15 is 0 Å². The maximum Gasteiger partial charge on any atom is 0.191 e. The molecule has 35 heavy (non-hydrogen) atoms. The normalized spacial score (nSPS) is 17.4. The Morgan fingerprint density at radius 1 is 0.886 bits per heavy atom. The number of thiophene rings is 1. The van der Waals surface area contributed by atoms with Crippen molar-refractivity contribution in [3.8, 4) is 0 Å². The van der Waals surface area contributed by atoms with Crippen LogP contribution in [0.2, 0.25) is 0 Å². The molecule has 1 aliphatic heterocycles. The minimum absolute atomic E-state index is 0.252. The second-order valence-electron chi connectivity index (χ2n) is 8.46. The third-order valence-corrected chi connectivity index (χ3v) is 10.5. The Hall–Kier alpha value is -2.32. The molecule has 6 rings (SSSR count). The van der Waals surface area contributed by atoms with Crippen molar-refractivity contribution in [2.24, 2.45) is 0 Å². The van der Waals surface area contributed by atoms with E-state index in [0.717, 1.165) is 32.0 Å². The van der Waals surface area contributed by atoms with Crippen LogP contribution in [0.3, 0.4) is 0 Å². The number of fused-ring (bicyclic) bond motifs is 3. The van der Waals surface area contributed by atoms with Crippen LogP contribution in [0.25, 0.3) is 10.2 Å². The first-order valence-corrected chi connectivity index (χ1v) is 14.9. The number of rotatable bonds is 5. The van der Waals surface area contributed by atoms with Crippen LogP contribution in [0.15, 0.2) is 94.6 Å². The summed E-state index contributed by atoms with van der Waals surface area (Å²) in [7, 11) is 0. The van der Waals surface area contributed by atoms with E-state index in [1.807, 2.05) is 11.8 Å². The second kappa shape index (κ2) is 9.97. The van der Waals surface area contributed by atoms with Crippen molar-refractivity contribution in [2.45, 2.75) is 27.8 Å². The maximum absolute atomic E-state index is 6.61. The Bertz CT molecular complexity index is 1470. The third-order valence-electron chi connectivity index (χ3n) is 6.17. The minimum Gasteiger partial charge on any atom is -0.383 e. The van der Waals surface area contributed by atoms with Crippen molar-refractivity contribution in [3.05, 3.63) is 117 Å². The van der Waals surface area contributed by atoms with Gasteiger partial charge in [-0.25, -0.2) is 9.97 Å². The quantitative estimate of drug-likeness (QED) is 0.168. The van der Waals surface area contributed by atoms with Gasteiger partial charge in [0.15, 0.2) is 5.16 Å². The summed E-state index contributed by atoms with van der Waals surface area (Å²) in [6.45, 7) is 0. The highest BCUT2D eigenvalue weighted by Crippen LogP contribution is 2.55. The lowest BCUT2D eigenvalue weighted by atomic mass is 9.98. The number of halogens is 1. The van der Waals surface area contributed by atoms with Crippen LogP contribution in [-0.2, 0) is 12.2 Å². The predicted molar refractivity (Wildman–Crippen MR) is 154 cm³/mol. The zero-order chi connectivity index (χ0) is 23.8. The molecule has 3 nitrogen and oxygen atoms in total. The fourth-order valence-electron chi connectivity index (χ4n) is 4.47. The van der Waals surface area contributed by atoms with Gasteiger partial charge in [-0.1, -0.05) is 100 Å². The van der Waals surface area contributed by atoms with Crippen molar-refractivity contribution in [3.63, 3.8) is 0 Å². The zero-order valence-corrected chi connectivity index (χ0v) is 22.8. The summed E-state index contributed by atoms with van der Waals surface area (Å²) in [5, 5.41) is 2.39. The van der Waals surface area contributed by atoms with Gasteiger partial charge < -0.3 is 5.73 Å². The number of aromatic nitrogens is 2. The number of hydrogen-bond donors (Lipinski definition) is 1. The van der Waals surface area contributed by atoms with Crippen LogP contribution >= 0.6 is 50.8 Å². The fraction of sp³-hybridized carbons (Fsp3) is 0.143. The lowest BCUT2D eigenvalue weighted by Crippen LogP contribution is -2.12. The van der Waals surface area contributed by atoms with E-state index in [1.54, 1.807) is 23.1 Å². The van der Waals surface area contributed by atoms with E-state index in [0.29, 0.717) is 11.1 Å². The van der Waals surface area contributed by atoms with Gasteiger partial charge in [-0.15, -0.1) is 23.1 Å². The van der Waals surface area contributed by atoms with Crippen LogP contribution in [0.5, 0.6) is 0 Å². The highest BCUT2D eigenvalue weighted by Gasteiger charge is 2.34. The second-order valence-corrected chi connectivity index (χ2v) is 12.7. The van der Waals surface area contributed by atoms with Crippen LogP contribution in [0.4, 0.5) is 5.82 Å². The van der Waals surface area contributed by atoms with Gasteiger partial charge in [0.05, 0.1) is 10.6 Å². The molecule has 2 aromatic heterocycles. The summed E-state index contributed by atoms with van der Waals surface area (Å²) >= 11 is 8.94. The molecule has 0 radical (unpaired) electrons. The molecule has 2 N–H and O–H groups in total. The van der Waals surface area contributed by atoms with Crippen LogP contribution < -0.4 is 5.73 Å². The molecule has 5 aromatic rings. The topological polar surface area (TPSA) is 51.8 Å². The van der Waals surface area contributed by atoms with Gasteiger partial charge in [0.1, 0.15) is 10.6 Å². The molecule has 3 aromatic carbocycles. The Labute approximate surface area is 225 Å². The van der Waals surface area contributed by atoms with Gasteiger partial charge in [0, 0.05) is 20.4 Å². The van der Waals surface area contributed by atoms with Crippen LogP contribution in [0.1, 0.15) is 37.6 Å². The van der Waals surface area contributed by atoms with E-state index in [-0.39, 0.29) is 5.25 Å². The minimum atomic E-state index is 0.252. The van der Waals surface area contributed by atoms with Crippen molar-refractivity contribution in [2.75, 3.05) is 5.73 Å². The molecule has 0 fully saturated rings. The summed E-state index contributed by atoms with van der Waals surface area (Å²) in [5.74, 6) is 1.40. The first-order valence-electron chi connectivity index (χ1n) is 11.4. The number of nitrogens with zero attached hydrogens (tertiary/aromatic N) is 2. The Kier molecular flexibility index (Phi) is 6.58. The number of benzene rings is 3. The standard InChI is InChI=1S/C28H22BrN3S3/c29-20-13-11-17(12-14-20)16-33-28-31-26(30)23-21-15-22(18-7-3-1-4-8-18)34-24(19-9-5-2-6-10-19)25(21)35-27(23)32-28/h1-14,22,24H,15-16H2,(H2,30,31,32). The molecule has 174 valence electrons. The van der Waals surface area contributed by atoms with Crippen molar-refractivity contribution < 1.29 is 0 Å². The largest absolute Gasteiger partial charge is 0.383 e. The number of nitrogen functional groups attached to an aromatic ring is 1. The predicted octanol–water partition coefficient (Wildman–Crippen LogP) is 8.45. The molecule has 1 aliphatic rings. The molecule has 0 saturated heterocycles. The summed E-state index contributed by atoms with van der Waals surface area (Å²) in [6, 6.07) is 29.9. The number of hydrogen-bond acceptors (Lipinski definition) is 6. The van der Waals surface area contributed by atoms with E-state index < -0.39 is 0 Å². The maximum atomic E-state index is 6.61. The van der Waals surface area contributed by atoms with Gasteiger partial charge >= 0.3 is 0 Å². The number of anilines is 1. The lowest BCUT2D eigenvalue weighted by Gasteiger charge is -2.30. The molecular formula is C28H22BrN3S3. The summed E-state index contributed by atoms with van der Waals surface area (Å²) in [4.78, 5) is 12.1. The Morgan fingerprint density at radius 3 is 2.29 bits per heavy atom. The molecule has 2 atom stereocenters. The number of nitrogens with two attached hydrogens (primary N) is 1. The molecule has 0 spiro atoms.